The van der Waals surface area contributed by atoms with E-state index < -0.39 is 5.97 Å². The number of hydrogen-bond acceptors (Lipinski definition) is 4. The van der Waals surface area contributed by atoms with Gasteiger partial charge < -0.3 is 9.72 Å². The maximum absolute atomic E-state index is 12.6. The number of nitrogens with one attached hydrogen (secondary N) is 1. The molecule has 0 spiro atoms. The molecule has 5 heteroatoms. The molecule has 1 aromatic rings. The quantitative estimate of drug-likeness (QED) is 0.666. The number of carbonyl (C=O) groups excluding carboxylic acids is 2. The molecule has 0 unspecified atom stereocenters. The van der Waals surface area contributed by atoms with Crippen LogP contribution in [0.1, 0.15) is 64.7 Å². The summed E-state index contributed by atoms with van der Waals surface area (Å²) in [5, 5.41) is 0.510. The van der Waals surface area contributed by atoms with Crippen molar-refractivity contribution in [2.75, 3.05) is 7.11 Å². The van der Waals surface area contributed by atoms with E-state index in [-0.39, 0.29) is 11.0 Å². The van der Waals surface area contributed by atoms with Crippen LogP contribution in [0.2, 0.25) is 0 Å². The van der Waals surface area contributed by atoms with E-state index in [4.69, 9.17) is 4.74 Å². The average Bonchev–Trinajstić information content (AvgIpc) is 3.05. The van der Waals surface area contributed by atoms with Gasteiger partial charge in [0.05, 0.1) is 23.6 Å². The molecule has 0 bridgehead atoms. The second kappa shape index (κ2) is 6.69. The minimum absolute atomic E-state index is 0.0719. The molecule has 0 aromatic carbocycles. The van der Waals surface area contributed by atoms with Crippen molar-refractivity contribution in [2.45, 2.75) is 57.0 Å². The third kappa shape index (κ3) is 3.34. The normalized spacial score (nSPS) is 17.0. The first-order valence-corrected chi connectivity index (χ1v) is 8.37. The van der Waals surface area contributed by atoms with Crippen LogP contribution in [0.4, 0.5) is 0 Å². The molecule has 1 heterocycles. The summed E-state index contributed by atoms with van der Waals surface area (Å²) in [4.78, 5) is 27.5. The van der Waals surface area contributed by atoms with Gasteiger partial charge >= 0.3 is 5.97 Å². The van der Waals surface area contributed by atoms with Gasteiger partial charge in [0.1, 0.15) is 0 Å². The summed E-state index contributed by atoms with van der Waals surface area (Å²) in [5.74, 6) is -0.320. The summed E-state index contributed by atoms with van der Waals surface area (Å²) in [7, 11) is 1.36. The molecule has 1 N–H and O–H groups in total. The molecule has 0 aliphatic heterocycles. The molecule has 0 amide bonds. The molecule has 0 saturated heterocycles. The van der Waals surface area contributed by atoms with Crippen LogP contribution in [0.15, 0.2) is 0 Å². The smallest absolute Gasteiger partial charge is 0.339 e. The molecule has 1 aromatic heterocycles. The van der Waals surface area contributed by atoms with E-state index in [0.29, 0.717) is 27.8 Å². The molecule has 1 saturated carbocycles. The first-order valence-electron chi connectivity index (χ1n) is 7.42. The topological polar surface area (TPSA) is 59.2 Å². The molecule has 116 valence electrons. The van der Waals surface area contributed by atoms with Crippen molar-refractivity contribution in [2.24, 2.45) is 0 Å². The number of Topliss-reactive ketones (excluding diaryl/α,β-unsaturated/α-hetero) is 1. The van der Waals surface area contributed by atoms with E-state index in [1.54, 1.807) is 25.6 Å². The number of methoxy groups -OCH3 is 1. The van der Waals surface area contributed by atoms with Crippen molar-refractivity contribution in [3.63, 3.8) is 0 Å². The number of thioether (sulfide) groups is 1. The fourth-order valence-electron chi connectivity index (χ4n) is 2.98. The first kappa shape index (κ1) is 16.1. The zero-order chi connectivity index (χ0) is 15.6. The van der Waals surface area contributed by atoms with Gasteiger partial charge in [0, 0.05) is 10.9 Å². The lowest BCUT2D eigenvalue weighted by molar-refractivity contribution is 0.0599. The number of carbonyl (C=O) groups is 2. The van der Waals surface area contributed by atoms with Crippen molar-refractivity contribution in [3.05, 3.63) is 22.5 Å². The zero-order valence-corrected chi connectivity index (χ0v) is 13.9. The summed E-state index contributed by atoms with van der Waals surface area (Å²) in [6.07, 6.45) is 4.95. The number of aromatic amines is 1. The number of esters is 1. The van der Waals surface area contributed by atoms with Crippen LogP contribution in [0, 0.1) is 13.8 Å². The van der Waals surface area contributed by atoms with E-state index in [1.807, 2.05) is 6.92 Å². The Labute approximate surface area is 130 Å². The van der Waals surface area contributed by atoms with Gasteiger partial charge in [-0.2, -0.15) is 0 Å². The SMILES string of the molecule is COC(=O)c1c(C)[nH]c(C(=O)[C@@H](C)SC2CCCC2)c1C. The van der Waals surface area contributed by atoms with Crippen LogP contribution in [0.25, 0.3) is 0 Å². The molecule has 1 aliphatic rings. The maximum Gasteiger partial charge on any atom is 0.339 e. The number of H-pyrrole nitrogens is 1. The third-order valence-corrected chi connectivity index (χ3v) is 5.62. The average molecular weight is 309 g/mol. The molecule has 0 radical (unpaired) electrons. The Morgan fingerprint density at radius 3 is 2.48 bits per heavy atom. The standard InChI is InChI=1S/C16H23NO3S/c1-9-13(16(19)20-4)10(2)17-14(9)15(18)11(3)21-12-7-5-6-8-12/h11-12,17H,5-8H2,1-4H3/t11-/m1/s1. The van der Waals surface area contributed by atoms with E-state index in [2.05, 4.69) is 4.98 Å². The predicted octanol–water partition coefficient (Wildman–Crippen LogP) is 3.67. The number of rotatable bonds is 5. The van der Waals surface area contributed by atoms with Crippen LogP contribution in [-0.2, 0) is 4.74 Å². The molecule has 2 rings (SSSR count). The van der Waals surface area contributed by atoms with Crippen molar-refractivity contribution < 1.29 is 14.3 Å². The number of aryl methyl sites for hydroxylation is 1. The van der Waals surface area contributed by atoms with Gasteiger partial charge in [0.25, 0.3) is 0 Å². The van der Waals surface area contributed by atoms with Gasteiger partial charge in [0.2, 0.25) is 0 Å². The molecule has 21 heavy (non-hydrogen) atoms. The Morgan fingerprint density at radius 1 is 1.29 bits per heavy atom. The molecule has 1 fully saturated rings. The minimum atomic E-state index is -0.392. The second-order valence-corrected chi connectivity index (χ2v) is 7.31. The Morgan fingerprint density at radius 2 is 1.90 bits per heavy atom. The first-order chi connectivity index (χ1) is 9.95. The lowest BCUT2D eigenvalue weighted by atomic mass is 10.1. The van der Waals surface area contributed by atoms with Gasteiger partial charge in [-0.25, -0.2) is 4.79 Å². The van der Waals surface area contributed by atoms with Gasteiger partial charge in [-0.05, 0) is 39.2 Å². The van der Waals surface area contributed by atoms with Crippen LogP contribution >= 0.6 is 11.8 Å². The minimum Gasteiger partial charge on any atom is -0.465 e. The molecule has 4 nitrogen and oxygen atoms in total. The molecular formula is C16H23NO3S. The Kier molecular flexibility index (Phi) is 5.14. The van der Waals surface area contributed by atoms with Gasteiger partial charge in [-0.3, -0.25) is 4.79 Å². The van der Waals surface area contributed by atoms with Gasteiger partial charge in [-0.15, -0.1) is 11.8 Å². The fourth-order valence-corrected chi connectivity index (χ4v) is 4.41. The third-order valence-electron chi connectivity index (χ3n) is 4.14. The predicted molar refractivity (Wildman–Crippen MR) is 85.2 cm³/mol. The lowest BCUT2D eigenvalue weighted by Crippen LogP contribution is -2.18. The Balaban J connectivity index is 2.17. The molecule has 1 atom stereocenters. The summed E-state index contributed by atoms with van der Waals surface area (Å²) >= 11 is 1.76. The van der Waals surface area contributed by atoms with E-state index >= 15 is 0 Å². The second-order valence-electron chi connectivity index (χ2n) is 5.67. The fraction of sp³-hybridized carbons (Fsp3) is 0.625. The number of hydrogen-bond donors (Lipinski definition) is 1. The number of ether oxygens (including phenoxy) is 1. The zero-order valence-electron chi connectivity index (χ0n) is 13.1. The summed E-state index contributed by atoms with van der Waals surface area (Å²) < 4.78 is 4.78. The summed E-state index contributed by atoms with van der Waals surface area (Å²) in [5.41, 5.74) is 2.42. The highest BCUT2D eigenvalue weighted by atomic mass is 32.2. The van der Waals surface area contributed by atoms with Crippen molar-refractivity contribution in [1.82, 2.24) is 4.98 Å². The van der Waals surface area contributed by atoms with Crippen molar-refractivity contribution >= 4 is 23.5 Å². The highest BCUT2D eigenvalue weighted by Crippen LogP contribution is 2.33. The van der Waals surface area contributed by atoms with Gasteiger partial charge in [0.15, 0.2) is 5.78 Å². The molecule has 1 aliphatic carbocycles. The summed E-state index contributed by atoms with van der Waals surface area (Å²) in [6, 6.07) is 0. The van der Waals surface area contributed by atoms with E-state index in [9.17, 15) is 9.59 Å². The van der Waals surface area contributed by atoms with Crippen LogP contribution in [0.3, 0.4) is 0 Å². The van der Waals surface area contributed by atoms with Crippen LogP contribution in [-0.4, -0.2) is 34.3 Å². The monoisotopic (exact) mass is 309 g/mol. The van der Waals surface area contributed by atoms with E-state index in [1.165, 1.54) is 32.8 Å². The Bertz CT molecular complexity index is 544. The largest absolute Gasteiger partial charge is 0.465 e. The van der Waals surface area contributed by atoms with Crippen molar-refractivity contribution in [3.8, 4) is 0 Å². The van der Waals surface area contributed by atoms with Crippen LogP contribution in [0.5, 0.6) is 0 Å². The van der Waals surface area contributed by atoms with Crippen LogP contribution < -0.4 is 0 Å². The maximum atomic E-state index is 12.6. The van der Waals surface area contributed by atoms with E-state index in [0.717, 1.165) is 0 Å². The number of aromatic nitrogens is 1. The Hall–Kier alpha value is -1.23. The highest BCUT2D eigenvalue weighted by molar-refractivity contribution is 8.01. The lowest BCUT2D eigenvalue weighted by Gasteiger charge is -2.15. The van der Waals surface area contributed by atoms with Gasteiger partial charge in [-0.1, -0.05) is 12.8 Å². The summed E-state index contributed by atoms with van der Waals surface area (Å²) in [6.45, 7) is 5.56. The highest BCUT2D eigenvalue weighted by Gasteiger charge is 2.28. The molecular weight excluding hydrogens is 286 g/mol. The number of ketones is 1. The van der Waals surface area contributed by atoms with Crippen molar-refractivity contribution in [1.29, 1.82) is 0 Å².